The van der Waals surface area contributed by atoms with E-state index in [1.54, 1.807) is 0 Å². The fraction of sp³-hybridized carbons (Fsp3) is 0.235. The van der Waals surface area contributed by atoms with Crippen LogP contribution in [0.5, 0.6) is 5.75 Å². The summed E-state index contributed by atoms with van der Waals surface area (Å²) in [6.07, 6.45) is 0.637. The van der Waals surface area contributed by atoms with Crippen LogP contribution in [0.25, 0.3) is 0 Å². The molecule has 1 aliphatic rings. The molecule has 1 aliphatic heterocycles. The largest absolute Gasteiger partial charge is 0.493 e. The molecule has 3 rings (SSSR count). The average molecular weight is 347 g/mol. The van der Waals surface area contributed by atoms with Crippen LogP contribution in [0.1, 0.15) is 33.9 Å². The Morgan fingerprint density at radius 3 is 2.88 bits per heavy atom. The number of hydrogen-bond donors (Lipinski definition) is 1. The molecule has 2 aromatic rings. The molecule has 2 aromatic carbocycles. The molecule has 24 heavy (non-hydrogen) atoms. The van der Waals surface area contributed by atoms with Gasteiger partial charge in [-0.2, -0.15) is 0 Å². The molecule has 0 fully saturated rings. The molecule has 1 heterocycles. The molecule has 0 bridgehead atoms. The van der Waals surface area contributed by atoms with Gasteiger partial charge in [0.25, 0.3) is 11.6 Å². The van der Waals surface area contributed by atoms with Crippen LogP contribution in [0.2, 0.25) is 5.02 Å². The first-order valence-corrected chi connectivity index (χ1v) is 7.81. The number of nitrogens with zero attached hydrogens (tertiary/aromatic N) is 1. The SMILES string of the molecule is Cc1ccc2c(c1)C(NC(=O)c1ccc(Cl)c([N+](=O)[O-])c1)CCO2. The van der Waals surface area contributed by atoms with Gasteiger partial charge in [-0.1, -0.05) is 29.3 Å². The number of halogens is 1. The van der Waals surface area contributed by atoms with Gasteiger partial charge in [0.05, 0.1) is 17.6 Å². The average Bonchev–Trinajstić information content (AvgIpc) is 2.55. The highest BCUT2D eigenvalue weighted by Gasteiger charge is 2.24. The summed E-state index contributed by atoms with van der Waals surface area (Å²) in [7, 11) is 0. The summed E-state index contributed by atoms with van der Waals surface area (Å²) in [6.45, 7) is 2.47. The van der Waals surface area contributed by atoms with Crippen molar-refractivity contribution in [3.63, 3.8) is 0 Å². The van der Waals surface area contributed by atoms with Crippen LogP contribution in [0, 0.1) is 17.0 Å². The molecule has 7 heteroatoms. The highest BCUT2D eigenvalue weighted by molar-refractivity contribution is 6.32. The van der Waals surface area contributed by atoms with Crippen LogP contribution in [0.3, 0.4) is 0 Å². The van der Waals surface area contributed by atoms with Crippen molar-refractivity contribution in [2.45, 2.75) is 19.4 Å². The fourth-order valence-electron chi connectivity index (χ4n) is 2.70. The molecule has 1 N–H and O–H groups in total. The number of carbonyl (C=O) groups excluding carboxylic acids is 1. The maximum absolute atomic E-state index is 12.5. The van der Waals surface area contributed by atoms with Gasteiger partial charge in [-0.05, 0) is 25.1 Å². The smallest absolute Gasteiger partial charge is 0.288 e. The second kappa shape index (κ2) is 6.49. The van der Waals surface area contributed by atoms with Gasteiger partial charge in [-0.25, -0.2) is 0 Å². The molecule has 124 valence electrons. The maximum atomic E-state index is 12.5. The molecule has 0 saturated carbocycles. The van der Waals surface area contributed by atoms with Gasteiger partial charge in [0.2, 0.25) is 0 Å². The molecule has 6 nitrogen and oxygen atoms in total. The third-order valence-electron chi connectivity index (χ3n) is 3.92. The van der Waals surface area contributed by atoms with Gasteiger partial charge in [-0.15, -0.1) is 0 Å². The maximum Gasteiger partial charge on any atom is 0.288 e. The first kappa shape index (κ1) is 16.3. The number of hydrogen-bond acceptors (Lipinski definition) is 4. The Morgan fingerprint density at radius 1 is 1.33 bits per heavy atom. The predicted molar refractivity (Wildman–Crippen MR) is 89.6 cm³/mol. The van der Waals surface area contributed by atoms with Crippen molar-refractivity contribution < 1.29 is 14.5 Å². The van der Waals surface area contributed by atoms with Crippen LogP contribution in [-0.2, 0) is 0 Å². The lowest BCUT2D eigenvalue weighted by molar-refractivity contribution is -0.384. The van der Waals surface area contributed by atoms with E-state index >= 15 is 0 Å². The summed E-state index contributed by atoms with van der Waals surface area (Å²) in [5.74, 6) is 0.369. The van der Waals surface area contributed by atoms with E-state index in [1.807, 2.05) is 25.1 Å². The summed E-state index contributed by atoms with van der Waals surface area (Å²) < 4.78 is 5.60. The summed E-state index contributed by atoms with van der Waals surface area (Å²) in [6, 6.07) is 9.63. The molecular formula is C17H15ClN2O4. The number of nitro groups is 1. The first-order chi connectivity index (χ1) is 11.5. The summed E-state index contributed by atoms with van der Waals surface area (Å²) >= 11 is 5.78. The number of nitrogens with one attached hydrogen (secondary N) is 1. The molecule has 0 radical (unpaired) electrons. The van der Waals surface area contributed by atoms with Crippen LogP contribution in [0.4, 0.5) is 5.69 Å². The fourth-order valence-corrected chi connectivity index (χ4v) is 2.89. The molecule has 1 amide bonds. The standard InChI is InChI=1S/C17H15ClN2O4/c1-10-2-5-16-12(8-10)14(6-7-24-16)19-17(21)11-3-4-13(18)15(9-11)20(22)23/h2-5,8-9,14H,6-7H2,1H3,(H,19,21). The molecule has 0 spiro atoms. The number of amides is 1. The second-order valence-electron chi connectivity index (χ2n) is 5.63. The Balaban J connectivity index is 1.85. The highest BCUT2D eigenvalue weighted by atomic mass is 35.5. The summed E-state index contributed by atoms with van der Waals surface area (Å²) in [5, 5.41) is 13.9. The molecule has 1 atom stereocenters. The predicted octanol–water partition coefficient (Wildman–Crippen LogP) is 3.81. The first-order valence-electron chi connectivity index (χ1n) is 7.44. The van der Waals surface area contributed by atoms with Crippen LogP contribution >= 0.6 is 11.6 Å². The Hall–Kier alpha value is -2.60. The van der Waals surface area contributed by atoms with E-state index in [9.17, 15) is 14.9 Å². The Morgan fingerprint density at radius 2 is 2.12 bits per heavy atom. The number of rotatable bonds is 3. The van der Waals surface area contributed by atoms with Crippen molar-refractivity contribution in [3.8, 4) is 5.75 Å². The minimum absolute atomic E-state index is 0.00332. The number of carbonyl (C=O) groups is 1. The second-order valence-corrected chi connectivity index (χ2v) is 6.03. The zero-order valence-electron chi connectivity index (χ0n) is 12.9. The van der Waals surface area contributed by atoms with E-state index in [0.29, 0.717) is 13.0 Å². The quantitative estimate of drug-likeness (QED) is 0.676. The molecule has 0 aliphatic carbocycles. The van der Waals surface area contributed by atoms with Crippen molar-refractivity contribution in [3.05, 3.63) is 68.2 Å². The van der Waals surface area contributed by atoms with Gasteiger partial charge >= 0.3 is 0 Å². The Kier molecular flexibility index (Phi) is 4.40. The molecule has 1 unspecified atom stereocenters. The summed E-state index contributed by atoms with van der Waals surface area (Å²) in [4.78, 5) is 22.8. The lowest BCUT2D eigenvalue weighted by atomic mass is 9.98. The number of nitro benzene ring substituents is 1. The van der Waals surface area contributed by atoms with E-state index in [4.69, 9.17) is 16.3 Å². The monoisotopic (exact) mass is 346 g/mol. The normalized spacial score (nSPS) is 16.0. The third kappa shape index (κ3) is 3.19. The van der Waals surface area contributed by atoms with Gasteiger partial charge in [-0.3, -0.25) is 14.9 Å². The minimum atomic E-state index is -0.605. The van der Waals surface area contributed by atoms with Gasteiger partial charge in [0, 0.05) is 23.6 Å². The lowest BCUT2D eigenvalue weighted by Crippen LogP contribution is -2.32. The van der Waals surface area contributed by atoms with Crippen LogP contribution in [-0.4, -0.2) is 17.4 Å². The van der Waals surface area contributed by atoms with E-state index in [0.717, 1.165) is 16.9 Å². The van der Waals surface area contributed by atoms with Crippen molar-refractivity contribution >= 4 is 23.2 Å². The number of aryl methyl sites for hydroxylation is 1. The highest BCUT2D eigenvalue weighted by Crippen LogP contribution is 2.33. The van der Waals surface area contributed by atoms with Crippen molar-refractivity contribution in [1.29, 1.82) is 0 Å². The van der Waals surface area contributed by atoms with E-state index in [-0.39, 0.29) is 28.2 Å². The van der Waals surface area contributed by atoms with Gasteiger partial charge in [0.15, 0.2) is 0 Å². The van der Waals surface area contributed by atoms with E-state index in [2.05, 4.69) is 5.32 Å². The van der Waals surface area contributed by atoms with Gasteiger partial charge < -0.3 is 10.1 Å². The molecule has 0 aromatic heterocycles. The lowest BCUT2D eigenvalue weighted by Gasteiger charge is -2.27. The van der Waals surface area contributed by atoms with Crippen LogP contribution < -0.4 is 10.1 Å². The van der Waals surface area contributed by atoms with Crippen molar-refractivity contribution in [1.82, 2.24) is 5.32 Å². The third-order valence-corrected chi connectivity index (χ3v) is 4.23. The summed E-state index contributed by atoms with van der Waals surface area (Å²) in [5.41, 5.74) is 1.90. The zero-order valence-corrected chi connectivity index (χ0v) is 13.7. The van der Waals surface area contributed by atoms with Crippen molar-refractivity contribution in [2.24, 2.45) is 0 Å². The zero-order chi connectivity index (χ0) is 17.3. The molecule has 0 saturated heterocycles. The molecular weight excluding hydrogens is 332 g/mol. The number of benzene rings is 2. The minimum Gasteiger partial charge on any atom is -0.493 e. The van der Waals surface area contributed by atoms with Crippen LogP contribution in [0.15, 0.2) is 36.4 Å². The Labute approximate surface area is 143 Å². The van der Waals surface area contributed by atoms with Gasteiger partial charge in [0.1, 0.15) is 10.8 Å². The number of ether oxygens (including phenoxy) is 1. The topological polar surface area (TPSA) is 81.5 Å². The Bertz CT molecular complexity index is 822. The number of fused-ring (bicyclic) bond motifs is 1. The van der Waals surface area contributed by atoms with E-state index < -0.39 is 4.92 Å². The van der Waals surface area contributed by atoms with Crippen molar-refractivity contribution in [2.75, 3.05) is 6.61 Å². The van der Waals surface area contributed by atoms with E-state index in [1.165, 1.54) is 18.2 Å².